The lowest BCUT2D eigenvalue weighted by molar-refractivity contribution is -0.143. The van der Waals surface area contributed by atoms with Crippen LogP contribution in [0, 0.1) is 0 Å². The van der Waals surface area contributed by atoms with Crippen molar-refractivity contribution in [2.24, 2.45) is 0 Å². The summed E-state index contributed by atoms with van der Waals surface area (Å²) in [5.74, 6) is -0.100. The highest BCUT2D eigenvalue weighted by Gasteiger charge is 2.20. The Morgan fingerprint density at radius 2 is 0.877 bits per heavy atom. The molecular formula is C51H95NO5. The number of nitrogens with one attached hydrogen (secondary N) is 1. The van der Waals surface area contributed by atoms with Gasteiger partial charge >= 0.3 is 5.97 Å². The van der Waals surface area contributed by atoms with E-state index >= 15 is 0 Å². The van der Waals surface area contributed by atoms with E-state index in [1.54, 1.807) is 0 Å². The van der Waals surface area contributed by atoms with E-state index in [4.69, 9.17) is 4.74 Å². The van der Waals surface area contributed by atoms with Gasteiger partial charge in [0.1, 0.15) is 0 Å². The third kappa shape index (κ3) is 43.5. The Hall–Kier alpha value is -1.92. The van der Waals surface area contributed by atoms with E-state index in [2.05, 4.69) is 55.6 Å². The molecule has 6 heteroatoms. The number of rotatable bonds is 45. The molecule has 1 amide bonds. The van der Waals surface area contributed by atoms with E-state index in [0.717, 1.165) is 89.9 Å². The summed E-state index contributed by atoms with van der Waals surface area (Å²) >= 11 is 0. The minimum Gasteiger partial charge on any atom is -0.466 e. The van der Waals surface area contributed by atoms with Gasteiger partial charge in [-0.3, -0.25) is 9.59 Å². The predicted octanol–water partition coefficient (Wildman–Crippen LogP) is 14.5. The van der Waals surface area contributed by atoms with Crippen LogP contribution in [0.1, 0.15) is 251 Å². The molecule has 6 nitrogen and oxygen atoms in total. The van der Waals surface area contributed by atoms with E-state index in [0.29, 0.717) is 25.9 Å². The molecule has 0 heterocycles. The van der Waals surface area contributed by atoms with Gasteiger partial charge in [-0.1, -0.05) is 185 Å². The molecule has 2 unspecified atom stereocenters. The first kappa shape index (κ1) is 55.1. The normalized spacial score (nSPS) is 13.0. The molecule has 0 radical (unpaired) electrons. The fourth-order valence-corrected chi connectivity index (χ4v) is 7.31. The van der Waals surface area contributed by atoms with E-state index in [1.807, 2.05) is 0 Å². The zero-order chi connectivity index (χ0) is 41.5. The van der Waals surface area contributed by atoms with Crippen molar-refractivity contribution in [2.45, 2.75) is 264 Å². The Morgan fingerprint density at radius 1 is 0.491 bits per heavy atom. The Bertz CT molecular complexity index is 931. The Balaban J connectivity index is 3.52. The number of ether oxygens (including phenoxy) is 1. The van der Waals surface area contributed by atoms with Gasteiger partial charge in [-0.2, -0.15) is 0 Å². The Kier molecular flexibility index (Phi) is 45.2. The lowest BCUT2D eigenvalue weighted by Crippen LogP contribution is -2.45. The summed E-state index contributed by atoms with van der Waals surface area (Å²) in [5.41, 5.74) is 0. The fourth-order valence-electron chi connectivity index (χ4n) is 7.31. The maximum Gasteiger partial charge on any atom is 0.305 e. The number of hydrogen-bond donors (Lipinski definition) is 3. The van der Waals surface area contributed by atoms with Gasteiger partial charge < -0.3 is 20.3 Å². The minimum atomic E-state index is -0.680. The first-order valence-corrected chi connectivity index (χ1v) is 24.7. The van der Waals surface area contributed by atoms with Gasteiger partial charge in [0.05, 0.1) is 25.4 Å². The summed E-state index contributed by atoms with van der Waals surface area (Å²) in [7, 11) is 0. The van der Waals surface area contributed by atoms with Crippen LogP contribution in [0.15, 0.2) is 36.5 Å². The second-order valence-electron chi connectivity index (χ2n) is 16.8. The van der Waals surface area contributed by atoms with E-state index in [1.165, 1.54) is 128 Å². The summed E-state index contributed by atoms with van der Waals surface area (Å²) in [5, 5.41) is 23.1. The summed E-state index contributed by atoms with van der Waals surface area (Å²) in [6.45, 7) is 4.85. The summed E-state index contributed by atoms with van der Waals surface area (Å²) in [6.07, 6.45) is 55.3. The summed E-state index contributed by atoms with van der Waals surface area (Å²) in [4.78, 5) is 24.4. The maximum atomic E-state index is 12.4. The molecule has 0 spiro atoms. The Morgan fingerprint density at radius 3 is 1.37 bits per heavy atom. The van der Waals surface area contributed by atoms with Crippen LogP contribution in [0.5, 0.6) is 0 Å². The number of unbranched alkanes of at least 4 members (excludes halogenated alkanes) is 28. The lowest BCUT2D eigenvalue weighted by atomic mass is 10.0. The number of aliphatic hydroxyl groups excluding tert-OH is 2. The average molecular weight is 802 g/mol. The second kappa shape index (κ2) is 46.8. The molecule has 0 aliphatic heterocycles. The molecule has 0 aromatic heterocycles. The SMILES string of the molecule is CCCCCC/C=C\C/C=C\CCCCCCCC(=O)OCCCCC/C=C\CCCCCCCC(=O)NC(CO)C(O)CCCCCCCCCCCCCC. The van der Waals surface area contributed by atoms with Crippen molar-refractivity contribution in [1.82, 2.24) is 5.32 Å². The molecule has 0 aromatic rings. The Labute approximate surface area is 353 Å². The summed E-state index contributed by atoms with van der Waals surface area (Å²) in [6, 6.07) is -0.560. The first-order chi connectivity index (χ1) is 28.0. The molecule has 0 saturated carbocycles. The van der Waals surface area contributed by atoms with Crippen molar-refractivity contribution >= 4 is 11.9 Å². The molecule has 0 fully saturated rings. The van der Waals surface area contributed by atoms with E-state index in [-0.39, 0.29) is 18.5 Å². The van der Waals surface area contributed by atoms with E-state index < -0.39 is 12.1 Å². The van der Waals surface area contributed by atoms with Crippen LogP contribution >= 0.6 is 0 Å². The van der Waals surface area contributed by atoms with Crippen molar-refractivity contribution in [3.63, 3.8) is 0 Å². The average Bonchev–Trinajstić information content (AvgIpc) is 3.21. The van der Waals surface area contributed by atoms with Gasteiger partial charge in [0.15, 0.2) is 0 Å². The van der Waals surface area contributed by atoms with Gasteiger partial charge in [0.2, 0.25) is 5.91 Å². The standard InChI is InChI=1S/C51H95NO5/c1-3-5-7-9-11-13-15-17-18-19-20-25-29-33-37-41-45-51(56)57-46-42-38-34-30-26-22-21-24-28-32-36-40-44-50(55)52-48(47-53)49(54)43-39-35-31-27-23-16-14-12-10-8-6-4-2/h13,15,18-19,22,26,48-49,53-54H,3-12,14,16-17,20-21,23-25,27-47H2,1-2H3,(H,52,55)/b15-13-,19-18-,26-22-. The first-order valence-electron chi connectivity index (χ1n) is 24.7. The largest absolute Gasteiger partial charge is 0.466 e. The molecule has 334 valence electrons. The van der Waals surface area contributed by atoms with Crippen LogP contribution in [-0.4, -0.2) is 47.4 Å². The monoisotopic (exact) mass is 802 g/mol. The van der Waals surface area contributed by atoms with Crippen molar-refractivity contribution in [1.29, 1.82) is 0 Å². The molecule has 0 saturated heterocycles. The number of allylic oxidation sites excluding steroid dienone is 6. The van der Waals surface area contributed by atoms with Gasteiger partial charge in [0, 0.05) is 12.8 Å². The van der Waals surface area contributed by atoms with Crippen molar-refractivity contribution in [2.75, 3.05) is 13.2 Å². The smallest absolute Gasteiger partial charge is 0.305 e. The molecule has 0 aliphatic carbocycles. The van der Waals surface area contributed by atoms with Crippen LogP contribution in [0.2, 0.25) is 0 Å². The molecule has 3 N–H and O–H groups in total. The van der Waals surface area contributed by atoms with Gasteiger partial charge in [-0.05, 0) is 89.9 Å². The van der Waals surface area contributed by atoms with Gasteiger partial charge in [0.25, 0.3) is 0 Å². The highest BCUT2D eigenvalue weighted by molar-refractivity contribution is 5.76. The molecule has 0 rings (SSSR count). The molecular weight excluding hydrogens is 707 g/mol. The molecule has 0 bridgehead atoms. The maximum absolute atomic E-state index is 12.4. The van der Waals surface area contributed by atoms with Crippen LogP contribution in [-0.2, 0) is 14.3 Å². The zero-order valence-corrected chi connectivity index (χ0v) is 37.8. The number of hydrogen-bond acceptors (Lipinski definition) is 5. The predicted molar refractivity (Wildman–Crippen MR) is 246 cm³/mol. The highest BCUT2D eigenvalue weighted by atomic mass is 16.5. The number of carbonyl (C=O) groups is 2. The second-order valence-corrected chi connectivity index (χ2v) is 16.8. The van der Waals surface area contributed by atoms with Crippen LogP contribution in [0.3, 0.4) is 0 Å². The quantitative estimate of drug-likeness (QED) is 0.0324. The molecule has 57 heavy (non-hydrogen) atoms. The van der Waals surface area contributed by atoms with Crippen molar-refractivity contribution in [3.8, 4) is 0 Å². The minimum absolute atomic E-state index is 0.0370. The van der Waals surface area contributed by atoms with Crippen LogP contribution < -0.4 is 5.32 Å². The van der Waals surface area contributed by atoms with E-state index in [9.17, 15) is 19.8 Å². The highest BCUT2D eigenvalue weighted by Crippen LogP contribution is 2.15. The number of esters is 1. The third-order valence-electron chi connectivity index (χ3n) is 11.2. The number of carbonyl (C=O) groups excluding carboxylic acids is 2. The topological polar surface area (TPSA) is 95.9 Å². The summed E-state index contributed by atoms with van der Waals surface area (Å²) < 4.78 is 5.44. The molecule has 0 aromatic carbocycles. The van der Waals surface area contributed by atoms with Gasteiger partial charge in [-0.25, -0.2) is 0 Å². The lowest BCUT2D eigenvalue weighted by Gasteiger charge is -2.22. The molecule has 2 atom stereocenters. The zero-order valence-electron chi connectivity index (χ0n) is 37.8. The van der Waals surface area contributed by atoms with Crippen molar-refractivity contribution in [3.05, 3.63) is 36.5 Å². The number of amides is 1. The van der Waals surface area contributed by atoms with Crippen LogP contribution in [0.4, 0.5) is 0 Å². The number of aliphatic hydroxyl groups is 2. The van der Waals surface area contributed by atoms with Gasteiger partial charge in [-0.15, -0.1) is 0 Å². The van der Waals surface area contributed by atoms with Crippen LogP contribution in [0.25, 0.3) is 0 Å². The fraction of sp³-hybridized carbons (Fsp3) is 0.843. The third-order valence-corrected chi connectivity index (χ3v) is 11.2. The van der Waals surface area contributed by atoms with Crippen molar-refractivity contribution < 1.29 is 24.5 Å². The molecule has 0 aliphatic rings.